The first-order valence-corrected chi connectivity index (χ1v) is 11.5. The fourth-order valence-corrected chi connectivity index (χ4v) is 8.69. The molecule has 8 nitrogen and oxygen atoms in total. The minimum Gasteiger partial charge on any atom is -0.458 e. The second kappa shape index (κ2) is 6.74. The van der Waals surface area contributed by atoms with Gasteiger partial charge in [0.2, 0.25) is 0 Å². The van der Waals surface area contributed by atoms with Crippen molar-refractivity contribution in [1.29, 1.82) is 0 Å². The van der Waals surface area contributed by atoms with Crippen LogP contribution in [-0.4, -0.2) is 79.3 Å². The van der Waals surface area contributed by atoms with E-state index in [9.17, 15) is 35.4 Å². The number of hydrogen-bond donors (Lipinski definition) is 6. The van der Waals surface area contributed by atoms with Crippen molar-refractivity contribution in [3.05, 3.63) is 11.6 Å². The largest absolute Gasteiger partial charge is 0.458 e. The van der Waals surface area contributed by atoms with Crippen molar-refractivity contribution < 1.29 is 40.2 Å². The van der Waals surface area contributed by atoms with Gasteiger partial charge in [0, 0.05) is 30.3 Å². The molecule has 0 radical (unpaired) electrons. The monoisotopic (exact) mass is 438 g/mol. The molecule has 10 atom stereocenters. The fourth-order valence-electron chi connectivity index (χ4n) is 8.69. The van der Waals surface area contributed by atoms with Crippen LogP contribution in [0, 0.1) is 28.6 Å². The summed E-state index contributed by atoms with van der Waals surface area (Å²) in [6.45, 7) is 1.64. The molecule has 0 aromatic rings. The average molecular weight is 439 g/mol. The third-order valence-electron chi connectivity index (χ3n) is 10.1. The molecule has 0 bridgehead atoms. The van der Waals surface area contributed by atoms with Gasteiger partial charge in [-0.1, -0.05) is 6.92 Å². The Morgan fingerprint density at radius 1 is 1.13 bits per heavy atom. The molecular weight excluding hydrogens is 404 g/mol. The number of fused-ring (bicyclic) bond motifs is 5. The van der Waals surface area contributed by atoms with Gasteiger partial charge in [0.15, 0.2) is 0 Å². The van der Waals surface area contributed by atoms with Crippen LogP contribution >= 0.6 is 0 Å². The Hall–Kier alpha value is -1.03. The minimum absolute atomic E-state index is 0.0173. The van der Waals surface area contributed by atoms with Crippen LogP contribution < -0.4 is 0 Å². The molecule has 0 spiro atoms. The third-order valence-corrected chi connectivity index (χ3v) is 10.1. The van der Waals surface area contributed by atoms with Crippen LogP contribution in [0.5, 0.6) is 0 Å². The zero-order chi connectivity index (χ0) is 22.4. The van der Waals surface area contributed by atoms with Gasteiger partial charge in [0.05, 0.1) is 41.5 Å². The number of aliphatic hydroxyl groups is 6. The van der Waals surface area contributed by atoms with E-state index in [0.717, 1.165) is 5.57 Å². The standard InChI is InChI=1S/C23H34O8/c1-20-9-16(26)19-15(23(20,30)5-3-14(20)12-6-18(28)31-10-12)2-4-21(29)8-13(25)7-17(27)22(19,21)11-24/h6,13-17,19,24-27,29-30H,2-5,7-11H2,1H3/t13-,14+,15+,16+,17+,19?,20+,21-,22+,23-/m0/s1. The zero-order valence-electron chi connectivity index (χ0n) is 17.9. The Kier molecular flexibility index (Phi) is 4.74. The van der Waals surface area contributed by atoms with Crippen molar-refractivity contribution in [2.45, 2.75) is 81.4 Å². The van der Waals surface area contributed by atoms with E-state index in [1.807, 2.05) is 6.92 Å². The molecule has 0 aromatic carbocycles. The first-order chi connectivity index (χ1) is 14.5. The van der Waals surface area contributed by atoms with Gasteiger partial charge in [0.1, 0.15) is 6.61 Å². The summed E-state index contributed by atoms with van der Waals surface area (Å²) in [5.41, 5.74) is -3.95. The van der Waals surface area contributed by atoms with Crippen molar-refractivity contribution in [1.82, 2.24) is 0 Å². The smallest absolute Gasteiger partial charge is 0.331 e. The summed E-state index contributed by atoms with van der Waals surface area (Å²) in [6, 6.07) is 0. The van der Waals surface area contributed by atoms with Crippen molar-refractivity contribution in [3.8, 4) is 0 Å². The molecule has 4 saturated carbocycles. The average Bonchev–Trinajstić information content (AvgIpc) is 3.21. The van der Waals surface area contributed by atoms with Gasteiger partial charge >= 0.3 is 5.97 Å². The van der Waals surface area contributed by atoms with Crippen LogP contribution in [0.15, 0.2) is 11.6 Å². The van der Waals surface area contributed by atoms with Crippen LogP contribution in [0.1, 0.15) is 51.9 Å². The molecule has 6 N–H and O–H groups in total. The summed E-state index contributed by atoms with van der Waals surface area (Å²) >= 11 is 0. The molecule has 0 aromatic heterocycles. The minimum atomic E-state index is -1.52. The summed E-state index contributed by atoms with van der Waals surface area (Å²) in [7, 11) is 0. The van der Waals surface area contributed by atoms with Crippen molar-refractivity contribution in [3.63, 3.8) is 0 Å². The highest BCUT2D eigenvalue weighted by Crippen LogP contribution is 2.70. The van der Waals surface area contributed by atoms with Gasteiger partial charge < -0.3 is 35.4 Å². The molecule has 4 fully saturated rings. The topological polar surface area (TPSA) is 148 Å². The SMILES string of the molecule is C[C@]12C[C@@H](O)C3[C@@H](CC[C@]4(O)C[C@@H](O)C[C@@H](O)[C@]34CO)[C@@]1(O)CC[C@@H]2C1=CC(=O)OC1. The Labute approximate surface area is 181 Å². The molecule has 5 aliphatic rings. The highest BCUT2D eigenvalue weighted by Gasteiger charge is 2.75. The second-order valence-electron chi connectivity index (χ2n) is 11.0. The lowest BCUT2D eigenvalue weighted by Crippen LogP contribution is -2.75. The molecule has 1 heterocycles. The lowest BCUT2D eigenvalue weighted by atomic mass is 9.40. The molecule has 0 saturated heterocycles. The summed E-state index contributed by atoms with van der Waals surface area (Å²) in [4.78, 5) is 11.7. The molecule has 1 unspecified atom stereocenters. The van der Waals surface area contributed by atoms with Gasteiger partial charge in [-0.25, -0.2) is 4.79 Å². The Balaban J connectivity index is 1.58. The second-order valence-corrected chi connectivity index (χ2v) is 11.0. The van der Waals surface area contributed by atoms with Gasteiger partial charge in [0.25, 0.3) is 0 Å². The van der Waals surface area contributed by atoms with Crippen molar-refractivity contribution in [2.75, 3.05) is 13.2 Å². The number of carbonyl (C=O) groups is 1. The third kappa shape index (κ3) is 2.55. The van der Waals surface area contributed by atoms with E-state index in [4.69, 9.17) is 4.74 Å². The number of carbonyl (C=O) groups excluding carboxylic acids is 1. The van der Waals surface area contributed by atoms with Gasteiger partial charge in [-0.15, -0.1) is 0 Å². The normalized spacial score (nSPS) is 56.4. The molecular formula is C23H34O8. The Morgan fingerprint density at radius 3 is 2.52 bits per heavy atom. The number of hydrogen-bond acceptors (Lipinski definition) is 8. The first kappa shape index (κ1) is 21.8. The lowest BCUT2D eigenvalue weighted by Gasteiger charge is -2.68. The van der Waals surface area contributed by atoms with E-state index in [1.165, 1.54) is 6.08 Å². The number of ether oxygens (including phenoxy) is 1. The zero-order valence-corrected chi connectivity index (χ0v) is 17.9. The van der Waals surface area contributed by atoms with Gasteiger partial charge in [-0.3, -0.25) is 0 Å². The van der Waals surface area contributed by atoms with Gasteiger partial charge in [-0.2, -0.15) is 0 Å². The molecule has 8 heteroatoms. The molecule has 5 rings (SSSR count). The Bertz CT molecular complexity index is 813. The van der Waals surface area contributed by atoms with Crippen molar-refractivity contribution >= 4 is 5.97 Å². The molecule has 1 aliphatic heterocycles. The first-order valence-electron chi connectivity index (χ1n) is 11.5. The quantitative estimate of drug-likeness (QED) is 0.320. The fraction of sp³-hybridized carbons (Fsp3) is 0.870. The van der Waals surface area contributed by atoms with E-state index < -0.39 is 58.8 Å². The van der Waals surface area contributed by atoms with Crippen molar-refractivity contribution in [2.24, 2.45) is 28.6 Å². The van der Waals surface area contributed by atoms with Gasteiger partial charge in [-0.05, 0) is 49.5 Å². The van der Waals surface area contributed by atoms with E-state index in [0.29, 0.717) is 19.3 Å². The summed E-state index contributed by atoms with van der Waals surface area (Å²) in [5, 5.41) is 67.0. The molecule has 174 valence electrons. The summed E-state index contributed by atoms with van der Waals surface area (Å²) in [6.07, 6.45) is 0.531. The number of esters is 1. The highest BCUT2D eigenvalue weighted by molar-refractivity contribution is 5.85. The highest BCUT2D eigenvalue weighted by atomic mass is 16.5. The number of aliphatic hydroxyl groups excluding tert-OH is 4. The van der Waals surface area contributed by atoms with Crippen LogP contribution in [0.25, 0.3) is 0 Å². The number of cyclic esters (lactones) is 1. The summed E-state index contributed by atoms with van der Waals surface area (Å²) in [5.74, 6) is -1.62. The molecule has 0 amide bonds. The Morgan fingerprint density at radius 2 is 1.87 bits per heavy atom. The van der Waals surface area contributed by atoms with Crippen LogP contribution in [0.3, 0.4) is 0 Å². The van der Waals surface area contributed by atoms with Crippen LogP contribution in [0.2, 0.25) is 0 Å². The maximum atomic E-state index is 12.1. The van der Waals surface area contributed by atoms with Crippen LogP contribution in [0.4, 0.5) is 0 Å². The van der Waals surface area contributed by atoms with E-state index in [-0.39, 0.29) is 44.2 Å². The predicted octanol–water partition coefficient (Wildman–Crippen LogP) is -0.367. The number of rotatable bonds is 2. The lowest BCUT2D eigenvalue weighted by molar-refractivity contribution is -0.317. The van der Waals surface area contributed by atoms with E-state index >= 15 is 0 Å². The molecule has 4 aliphatic carbocycles. The molecule has 31 heavy (non-hydrogen) atoms. The predicted molar refractivity (Wildman–Crippen MR) is 107 cm³/mol. The maximum Gasteiger partial charge on any atom is 0.331 e. The van der Waals surface area contributed by atoms with E-state index in [2.05, 4.69) is 0 Å². The van der Waals surface area contributed by atoms with E-state index in [1.54, 1.807) is 0 Å². The van der Waals surface area contributed by atoms with Crippen LogP contribution in [-0.2, 0) is 9.53 Å². The maximum absolute atomic E-state index is 12.1. The summed E-state index contributed by atoms with van der Waals surface area (Å²) < 4.78 is 5.11.